The van der Waals surface area contributed by atoms with E-state index < -0.39 is 20.2 Å². The fourth-order valence-corrected chi connectivity index (χ4v) is 4.75. The van der Waals surface area contributed by atoms with Crippen molar-refractivity contribution in [2.75, 3.05) is 14.2 Å². The summed E-state index contributed by atoms with van der Waals surface area (Å²) in [7, 11) is 0.908. The molecule has 0 N–H and O–H groups in total. The Balaban J connectivity index is 2.38. The maximum Gasteiger partial charge on any atom is 0.371 e. The summed E-state index contributed by atoms with van der Waals surface area (Å²) >= 11 is 0. The second kappa shape index (κ2) is 6.47. The maximum atomic E-state index is 13.3. The Labute approximate surface area is 124 Å². The maximum absolute atomic E-state index is 13.3. The van der Waals surface area contributed by atoms with E-state index in [4.69, 9.17) is 8.85 Å². The molecule has 0 amide bonds. The van der Waals surface area contributed by atoms with Crippen LogP contribution in [0.15, 0.2) is 42.5 Å². The largest absolute Gasteiger partial charge is 0.394 e. The van der Waals surface area contributed by atoms with Crippen LogP contribution in [-0.4, -0.2) is 22.8 Å². The van der Waals surface area contributed by atoms with Crippen LogP contribution in [-0.2, 0) is 8.85 Å². The van der Waals surface area contributed by atoms with Gasteiger partial charge in [-0.2, -0.15) is 0 Å². The molecule has 0 unspecified atom stereocenters. The first-order chi connectivity index (χ1) is 10.0. The highest BCUT2D eigenvalue weighted by Crippen LogP contribution is 2.22. The molecule has 0 saturated carbocycles. The summed E-state index contributed by atoms with van der Waals surface area (Å²) in [6, 6.07) is 11.8. The molecule has 5 heteroatoms. The second-order valence-corrected chi connectivity index (χ2v) is 8.36. The third-order valence-electron chi connectivity index (χ3n) is 3.65. The third kappa shape index (κ3) is 3.20. The number of halogens is 2. The minimum atomic E-state index is -2.39. The summed E-state index contributed by atoms with van der Waals surface area (Å²) in [5, 5.41) is 0.996. The lowest BCUT2D eigenvalue weighted by Gasteiger charge is -2.26. The van der Waals surface area contributed by atoms with E-state index in [0.29, 0.717) is 5.56 Å². The van der Waals surface area contributed by atoms with Gasteiger partial charge in [-0.05, 0) is 34.5 Å². The molecule has 0 bridgehead atoms. The van der Waals surface area contributed by atoms with Gasteiger partial charge in [0.25, 0.3) is 0 Å². The predicted octanol–water partition coefficient (Wildman–Crippen LogP) is 3.59. The van der Waals surface area contributed by atoms with Gasteiger partial charge in [-0.15, -0.1) is 0 Å². The highest BCUT2D eigenvalue weighted by Gasteiger charge is 2.35. The highest BCUT2D eigenvalue weighted by atomic mass is 28.4. The molecule has 0 radical (unpaired) electrons. The zero-order valence-corrected chi connectivity index (χ0v) is 13.3. The molecular weight excluding hydrogens is 290 g/mol. The van der Waals surface area contributed by atoms with Gasteiger partial charge in [0.15, 0.2) is 0 Å². The Kier molecular flexibility index (Phi) is 4.87. The summed E-state index contributed by atoms with van der Waals surface area (Å²) in [6.45, 7) is 2.02. The fraction of sp³-hybridized carbons (Fsp3) is 0.250. The Morgan fingerprint density at radius 3 is 1.81 bits per heavy atom. The van der Waals surface area contributed by atoms with Crippen molar-refractivity contribution in [3.63, 3.8) is 0 Å². The second-order valence-electron chi connectivity index (χ2n) is 4.75. The van der Waals surface area contributed by atoms with E-state index in [1.54, 1.807) is 14.2 Å². The lowest BCUT2D eigenvalue weighted by molar-refractivity contribution is 0.259. The molecule has 0 aliphatic rings. The first kappa shape index (κ1) is 15.8. The van der Waals surface area contributed by atoms with Crippen LogP contribution in [0, 0.1) is 11.6 Å². The lowest BCUT2D eigenvalue weighted by Crippen LogP contribution is -2.51. The first-order valence-electron chi connectivity index (χ1n) is 6.72. The van der Waals surface area contributed by atoms with Crippen molar-refractivity contribution >= 4 is 13.7 Å². The van der Waals surface area contributed by atoms with Gasteiger partial charge in [-0.3, -0.25) is 0 Å². The van der Waals surface area contributed by atoms with Crippen molar-refractivity contribution < 1.29 is 17.6 Å². The number of benzene rings is 2. The standard InChI is InChI=1S/C16H18F2O2Si/c1-4-21(19-2,20-3)16-7-5-12(6-8-16)13-9-14(17)11-15(18)10-13/h5-11H,4H2,1-3H3. The lowest BCUT2D eigenvalue weighted by atomic mass is 10.1. The normalized spacial score (nSPS) is 11.7. The topological polar surface area (TPSA) is 18.5 Å². The van der Waals surface area contributed by atoms with Crippen LogP contribution in [0.3, 0.4) is 0 Å². The molecule has 0 aliphatic carbocycles. The molecule has 0 heterocycles. The summed E-state index contributed by atoms with van der Waals surface area (Å²) in [6.07, 6.45) is 0. The smallest absolute Gasteiger partial charge is 0.371 e. The van der Waals surface area contributed by atoms with Gasteiger partial charge in [-0.1, -0.05) is 31.2 Å². The molecule has 0 aromatic heterocycles. The first-order valence-corrected chi connectivity index (χ1v) is 8.74. The molecule has 2 aromatic rings. The van der Waals surface area contributed by atoms with E-state index in [1.807, 2.05) is 31.2 Å². The van der Waals surface area contributed by atoms with Crippen LogP contribution >= 0.6 is 0 Å². The van der Waals surface area contributed by atoms with E-state index in [9.17, 15) is 8.78 Å². The monoisotopic (exact) mass is 308 g/mol. The average molecular weight is 308 g/mol. The Morgan fingerprint density at radius 1 is 0.857 bits per heavy atom. The molecule has 2 nitrogen and oxygen atoms in total. The van der Waals surface area contributed by atoms with Gasteiger partial charge in [-0.25, -0.2) is 8.78 Å². The van der Waals surface area contributed by atoms with Gasteiger partial charge in [0, 0.05) is 20.3 Å². The molecule has 0 saturated heterocycles. The number of rotatable bonds is 5. The van der Waals surface area contributed by atoms with Crippen molar-refractivity contribution in [1.29, 1.82) is 0 Å². The van der Waals surface area contributed by atoms with Gasteiger partial charge in [0.2, 0.25) is 0 Å². The quantitative estimate of drug-likeness (QED) is 0.786. The van der Waals surface area contributed by atoms with Crippen molar-refractivity contribution in [2.45, 2.75) is 13.0 Å². The molecule has 112 valence electrons. The van der Waals surface area contributed by atoms with Crippen LogP contribution in [0.25, 0.3) is 11.1 Å². The molecule has 21 heavy (non-hydrogen) atoms. The summed E-state index contributed by atoms with van der Waals surface area (Å²) in [5.41, 5.74) is 1.26. The summed E-state index contributed by atoms with van der Waals surface area (Å²) in [4.78, 5) is 0. The Morgan fingerprint density at radius 2 is 1.38 bits per heavy atom. The Hall–Kier alpha value is -1.56. The zero-order valence-electron chi connectivity index (χ0n) is 12.3. The average Bonchev–Trinajstić information content (AvgIpc) is 2.49. The molecule has 2 rings (SSSR count). The van der Waals surface area contributed by atoms with Crippen molar-refractivity contribution in [1.82, 2.24) is 0 Å². The minimum absolute atomic E-state index is 0.512. The van der Waals surface area contributed by atoms with E-state index in [2.05, 4.69) is 0 Å². The van der Waals surface area contributed by atoms with E-state index in [-0.39, 0.29) is 0 Å². The molecule has 0 atom stereocenters. The van der Waals surface area contributed by atoms with Crippen LogP contribution < -0.4 is 5.19 Å². The molecule has 0 spiro atoms. The highest BCUT2D eigenvalue weighted by molar-refractivity contribution is 6.81. The van der Waals surface area contributed by atoms with Gasteiger partial charge in [0.05, 0.1) is 0 Å². The molecule has 2 aromatic carbocycles. The van der Waals surface area contributed by atoms with Crippen LogP contribution in [0.5, 0.6) is 0 Å². The number of hydrogen-bond donors (Lipinski definition) is 0. The van der Waals surface area contributed by atoms with Gasteiger partial charge in [0.1, 0.15) is 11.6 Å². The zero-order chi connectivity index (χ0) is 15.5. The van der Waals surface area contributed by atoms with Gasteiger partial charge >= 0.3 is 8.56 Å². The van der Waals surface area contributed by atoms with E-state index >= 15 is 0 Å². The summed E-state index contributed by atoms with van der Waals surface area (Å²) < 4.78 is 37.8. The molecular formula is C16H18F2O2Si. The molecule has 0 aliphatic heterocycles. The van der Waals surface area contributed by atoms with Crippen molar-refractivity contribution in [3.05, 3.63) is 54.1 Å². The minimum Gasteiger partial charge on any atom is -0.394 e. The van der Waals surface area contributed by atoms with Crippen LogP contribution in [0.2, 0.25) is 6.04 Å². The molecule has 0 fully saturated rings. The van der Waals surface area contributed by atoms with E-state index in [0.717, 1.165) is 22.9 Å². The summed E-state index contributed by atoms with van der Waals surface area (Å²) in [5.74, 6) is -1.17. The predicted molar refractivity (Wildman–Crippen MR) is 81.7 cm³/mol. The SMILES string of the molecule is CC[Si](OC)(OC)c1ccc(-c2cc(F)cc(F)c2)cc1. The number of hydrogen-bond acceptors (Lipinski definition) is 2. The van der Waals surface area contributed by atoms with Crippen molar-refractivity contribution in [2.24, 2.45) is 0 Å². The van der Waals surface area contributed by atoms with Gasteiger partial charge < -0.3 is 8.85 Å². The van der Waals surface area contributed by atoms with E-state index in [1.165, 1.54) is 12.1 Å². The fourth-order valence-electron chi connectivity index (χ4n) is 2.45. The third-order valence-corrected chi connectivity index (χ3v) is 7.11. The van der Waals surface area contributed by atoms with Crippen molar-refractivity contribution in [3.8, 4) is 11.1 Å². The van der Waals surface area contributed by atoms with Crippen LogP contribution in [0.1, 0.15) is 6.92 Å². The Bertz CT molecular complexity index is 582. The van der Waals surface area contributed by atoms with Crippen LogP contribution in [0.4, 0.5) is 8.78 Å².